The monoisotopic (exact) mass is 233 g/mol. The average Bonchev–Trinajstić information content (AvgIpc) is 2.35. The van der Waals surface area contributed by atoms with Crippen molar-refractivity contribution >= 4 is 0 Å². The Balaban J connectivity index is 1.99. The Bertz CT molecular complexity index is 362. The molecule has 0 heterocycles. The molecule has 1 aliphatic carbocycles. The summed E-state index contributed by atoms with van der Waals surface area (Å²) in [4.78, 5) is 0. The SMILES string of the molecule is CC(C)C(N)COC1CCCc2ccccc21. The number of benzene rings is 1. The topological polar surface area (TPSA) is 35.2 Å². The van der Waals surface area contributed by atoms with Crippen molar-refractivity contribution in [2.75, 3.05) is 6.61 Å². The summed E-state index contributed by atoms with van der Waals surface area (Å²) in [6.45, 7) is 4.95. The van der Waals surface area contributed by atoms with Gasteiger partial charge < -0.3 is 10.5 Å². The Hall–Kier alpha value is -0.860. The standard InChI is InChI=1S/C15H23NO/c1-11(2)14(16)10-17-15-9-5-7-12-6-3-4-8-13(12)15/h3-4,6,8,11,14-15H,5,7,9-10,16H2,1-2H3. The zero-order valence-corrected chi connectivity index (χ0v) is 10.9. The maximum atomic E-state index is 6.03. The van der Waals surface area contributed by atoms with Crippen LogP contribution in [0, 0.1) is 5.92 Å². The van der Waals surface area contributed by atoms with Crippen molar-refractivity contribution in [2.45, 2.75) is 45.3 Å². The molecule has 0 radical (unpaired) electrons. The van der Waals surface area contributed by atoms with E-state index in [1.165, 1.54) is 24.0 Å². The van der Waals surface area contributed by atoms with E-state index < -0.39 is 0 Å². The highest BCUT2D eigenvalue weighted by Gasteiger charge is 2.21. The third-order valence-corrected chi connectivity index (χ3v) is 3.66. The number of ether oxygens (including phenoxy) is 1. The fourth-order valence-corrected chi connectivity index (χ4v) is 2.30. The van der Waals surface area contributed by atoms with Crippen LogP contribution in [0.4, 0.5) is 0 Å². The molecule has 2 rings (SSSR count). The number of hydrogen-bond acceptors (Lipinski definition) is 2. The summed E-state index contributed by atoms with van der Waals surface area (Å²) >= 11 is 0. The van der Waals surface area contributed by atoms with Gasteiger partial charge in [0.25, 0.3) is 0 Å². The van der Waals surface area contributed by atoms with E-state index in [4.69, 9.17) is 10.5 Å². The summed E-state index contributed by atoms with van der Waals surface area (Å²) in [6.07, 6.45) is 3.79. The van der Waals surface area contributed by atoms with Crippen molar-refractivity contribution in [3.63, 3.8) is 0 Å². The number of nitrogens with two attached hydrogens (primary N) is 1. The fraction of sp³-hybridized carbons (Fsp3) is 0.600. The van der Waals surface area contributed by atoms with Crippen LogP contribution in [0.2, 0.25) is 0 Å². The van der Waals surface area contributed by atoms with Crippen molar-refractivity contribution < 1.29 is 4.74 Å². The van der Waals surface area contributed by atoms with Gasteiger partial charge in [0.05, 0.1) is 12.7 Å². The van der Waals surface area contributed by atoms with Crippen LogP contribution < -0.4 is 5.73 Å². The maximum absolute atomic E-state index is 6.03. The molecule has 0 amide bonds. The molecule has 1 aromatic rings. The van der Waals surface area contributed by atoms with E-state index in [0.717, 1.165) is 6.42 Å². The summed E-state index contributed by atoms with van der Waals surface area (Å²) in [6, 6.07) is 8.76. The van der Waals surface area contributed by atoms with Crippen LogP contribution in [-0.4, -0.2) is 12.6 Å². The molecule has 2 atom stereocenters. The van der Waals surface area contributed by atoms with Crippen LogP contribution in [0.25, 0.3) is 0 Å². The predicted molar refractivity (Wildman–Crippen MR) is 70.9 cm³/mol. The van der Waals surface area contributed by atoms with Gasteiger partial charge in [0.1, 0.15) is 0 Å². The molecular weight excluding hydrogens is 210 g/mol. The minimum atomic E-state index is 0.143. The minimum absolute atomic E-state index is 0.143. The molecule has 2 unspecified atom stereocenters. The quantitative estimate of drug-likeness (QED) is 0.867. The van der Waals surface area contributed by atoms with Gasteiger partial charge in [0.15, 0.2) is 0 Å². The average molecular weight is 233 g/mol. The molecule has 2 N–H and O–H groups in total. The van der Waals surface area contributed by atoms with Crippen LogP contribution in [0.3, 0.4) is 0 Å². The second-order valence-corrected chi connectivity index (χ2v) is 5.32. The molecular formula is C15H23NO. The first kappa shape index (κ1) is 12.6. The fourth-order valence-electron chi connectivity index (χ4n) is 2.30. The van der Waals surface area contributed by atoms with Crippen LogP contribution in [0.5, 0.6) is 0 Å². The first-order valence-electron chi connectivity index (χ1n) is 6.63. The predicted octanol–water partition coefficient (Wildman–Crippen LogP) is 3.06. The zero-order valence-electron chi connectivity index (χ0n) is 10.9. The largest absolute Gasteiger partial charge is 0.372 e. The Kier molecular flexibility index (Phi) is 4.19. The van der Waals surface area contributed by atoms with Crippen molar-refractivity contribution in [1.29, 1.82) is 0 Å². The van der Waals surface area contributed by atoms with Crippen molar-refractivity contribution in [3.05, 3.63) is 35.4 Å². The Labute approximate surface area is 104 Å². The van der Waals surface area contributed by atoms with Crippen molar-refractivity contribution in [2.24, 2.45) is 11.7 Å². The minimum Gasteiger partial charge on any atom is -0.372 e. The molecule has 94 valence electrons. The number of aryl methyl sites for hydroxylation is 1. The van der Waals surface area contributed by atoms with E-state index in [2.05, 4.69) is 38.1 Å². The highest BCUT2D eigenvalue weighted by Crippen LogP contribution is 2.32. The number of fused-ring (bicyclic) bond motifs is 1. The molecule has 0 fully saturated rings. The van der Waals surface area contributed by atoms with Gasteiger partial charge in [-0.25, -0.2) is 0 Å². The summed E-state index contributed by atoms with van der Waals surface area (Å²) in [5, 5.41) is 0. The van der Waals surface area contributed by atoms with Gasteiger partial charge in [-0.1, -0.05) is 38.1 Å². The van der Waals surface area contributed by atoms with E-state index in [1.807, 2.05) is 0 Å². The Morgan fingerprint density at radius 2 is 2.12 bits per heavy atom. The number of hydrogen-bond donors (Lipinski definition) is 1. The summed E-state index contributed by atoms with van der Waals surface area (Å²) in [7, 11) is 0. The summed E-state index contributed by atoms with van der Waals surface area (Å²) < 4.78 is 6.01. The first-order valence-corrected chi connectivity index (χ1v) is 6.63. The van der Waals surface area contributed by atoms with E-state index in [1.54, 1.807) is 0 Å². The van der Waals surface area contributed by atoms with E-state index >= 15 is 0 Å². The summed E-state index contributed by atoms with van der Waals surface area (Å²) in [5.41, 5.74) is 8.84. The molecule has 0 saturated heterocycles. The van der Waals surface area contributed by atoms with Crippen LogP contribution in [0.15, 0.2) is 24.3 Å². The third-order valence-electron chi connectivity index (χ3n) is 3.66. The van der Waals surface area contributed by atoms with Gasteiger partial charge in [-0.3, -0.25) is 0 Å². The molecule has 2 nitrogen and oxygen atoms in total. The van der Waals surface area contributed by atoms with E-state index in [-0.39, 0.29) is 12.1 Å². The number of rotatable bonds is 4. The van der Waals surface area contributed by atoms with Gasteiger partial charge >= 0.3 is 0 Å². The molecule has 1 aromatic carbocycles. The highest BCUT2D eigenvalue weighted by atomic mass is 16.5. The molecule has 0 spiro atoms. The smallest absolute Gasteiger partial charge is 0.0828 e. The third kappa shape index (κ3) is 3.08. The molecule has 0 bridgehead atoms. The van der Waals surface area contributed by atoms with Crippen molar-refractivity contribution in [1.82, 2.24) is 0 Å². The highest BCUT2D eigenvalue weighted by molar-refractivity contribution is 5.31. The van der Waals surface area contributed by atoms with E-state index in [0.29, 0.717) is 12.5 Å². The molecule has 1 aliphatic rings. The molecule has 0 aromatic heterocycles. The molecule has 2 heteroatoms. The molecule has 17 heavy (non-hydrogen) atoms. The first-order chi connectivity index (χ1) is 8.18. The van der Waals surface area contributed by atoms with Crippen LogP contribution in [-0.2, 0) is 11.2 Å². The van der Waals surface area contributed by atoms with Gasteiger partial charge in [0.2, 0.25) is 0 Å². The van der Waals surface area contributed by atoms with Gasteiger partial charge in [-0.15, -0.1) is 0 Å². The van der Waals surface area contributed by atoms with Gasteiger partial charge in [-0.2, -0.15) is 0 Å². The lowest BCUT2D eigenvalue weighted by atomic mass is 9.89. The lowest BCUT2D eigenvalue weighted by Gasteiger charge is -2.27. The van der Waals surface area contributed by atoms with Crippen molar-refractivity contribution in [3.8, 4) is 0 Å². The molecule has 0 saturated carbocycles. The molecule has 0 aliphatic heterocycles. The normalized spacial score (nSPS) is 21.3. The maximum Gasteiger partial charge on any atom is 0.0828 e. The van der Waals surface area contributed by atoms with E-state index in [9.17, 15) is 0 Å². The van der Waals surface area contributed by atoms with Crippen LogP contribution in [0.1, 0.15) is 43.9 Å². The van der Waals surface area contributed by atoms with Crippen LogP contribution >= 0.6 is 0 Å². The van der Waals surface area contributed by atoms with Gasteiger partial charge in [-0.05, 0) is 36.3 Å². The second-order valence-electron chi connectivity index (χ2n) is 5.32. The van der Waals surface area contributed by atoms with Gasteiger partial charge in [0, 0.05) is 6.04 Å². The lowest BCUT2D eigenvalue weighted by Crippen LogP contribution is -2.32. The lowest BCUT2D eigenvalue weighted by molar-refractivity contribution is 0.0259. The second kappa shape index (κ2) is 5.65. The Morgan fingerprint density at radius 1 is 1.35 bits per heavy atom. The zero-order chi connectivity index (χ0) is 12.3. The summed E-state index contributed by atoms with van der Waals surface area (Å²) in [5.74, 6) is 0.480. The Morgan fingerprint density at radius 3 is 2.88 bits per heavy atom.